The SMILES string of the molecule is CNC(=O)C1COCCN1C(=O)C(C)(C)CN. The maximum atomic E-state index is 12.3. The number of carbonyl (C=O) groups excluding carboxylic acids is 2. The third-order valence-electron chi connectivity index (χ3n) is 3.03. The van der Waals surface area contributed by atoms with Gasteiger partial charge in [-0.1, -0.05) is 0 Å². The minimum atomic E-state index is -0.649. The number of morpholine rings is 1. The largest absolute Gasteiger partial charge is 0.377 e. The smallest absolute Gasteiger partial charge is 0.244 e. The molecular formula is C11H21N3O3. The Kier molecular flexibility index (Phi) is 4.47. The lowest BCUT2D eigenvalue weighted by Crippen LogP contribution is -2.59. The van der Waals surface area contributed by atoms with Gasteiger partial charge in [0.05, 0.1) is 18.6 Å². The number of nitrogens with one attached hydrogen (secondary N) is 1. The zero-order chi connectivity index (χ0) is 13.1. The third kappa shape index (κ3) is 2.95. The molecule has 1 aliphatic heterocycles. The molecule has 17 heavy (non-hydrogen) atoms. The Bertz CT molecular complexity index is 304. The van der Waals surface area contributed by atoms with Crippen LogP contribution >= 0.6 is 0 Å². The molecule has 0 bridgehead atoms. The van der Waals surface area contributed by atoms with Crippen LogP contribution in [0.1, 0.15) is 13.8 Å². The average Bonchev–Trinajstić information content (AvgIpc) is 2.36. The molecule has 98 valence electrons. The molecule has 0 aliphatic carbocycles. The van der Waals surface area contributed by atoms with Gasteiger partial charge in [0.2, 0.25) is 11.8 Å². The molecule has 0 spiro atoms. The Morgan fingerprint density at radius 2 is 2.18 bits per heavy atom. The van der Waals surface area contributed by atoms with E-state index in [9.17, 15) is 9.59 Å². The number of carbonyl (C=O) groups is 2. The van der Waals surface area contributed by atoms with Gasteiger partial charge in [0, 0.05) is 20.1 Å². The Labute approximate surface area is 101 Å². The molecule has 2 amide bonds. The maximum Gasteiger partial charge on any atom is 0.244 e. The van der Waals surface area contributed by atoms with Crippen LogP contribution in [0.5, 0.6) is 0 Å². The first-order chi connectivity index (χ1) is 7.94. The summed E-state index contributed by atoms with van der Waals surface area (Å²) >= 11 is 0. The van der Waals surface area contributed by atoms with E-state index in [1.54, 1.807) is 25.8 Å². The van der Waals surface area contributed by atoms with E-state index in [2.05, 4.69) is 5.32 Å². The van der Waals surface area contributed by atoms with Crippen LogP contribution < -0.4 is 11.1 Å². The van der Waals surface area contributed by atoms with Gasteiger partial charge in [-0.25, -0.2) is 0 Å². The van der Waals surface area contributed by atoms with Gasteiger partial charge in [0.1, 0.15) is 6.04 Å². The molecule has 1 saturated heterocycles. The van der Waals surface area contributed by atoms with Gasteiger partial charge in [0.15, 0.2) is 0 Å². The number of rotatable bonds is 3. The van der Waals surface area contributed by atoms with E-state index in [0.717, 1.165) is 0 Å². The van der Waals surface area contributed by atoms with Crippen LogP contribution in [0.15, 0.2) is 0 Å². The molecule has 6 heteroatoms. The van der Waals surface area contributed by atoms with E-state index in [1.807, 2.05) is 0 Å². The molecule has 0 aromatic rings. The van der Waals surface area contributed by atoms with E-state index in [4.69, 9.17) is 10.5 Å². The highest BCUT2D eigenvalue weighted by Crippen LogP contribution is 2.20. The second-order valence-electron chi connectivity index (χ2n) is 4.79. The summed E-state index contributed by atoms with van der Waals surface area (Å²) < 4.78 is 5.25. The van der Waals surface area contributed by atoms with Crippen molar-refractivity contribution >= 4 is 11.8 Å². The van der Waals surface area contributed by atoms with Crippen molar-refractivity contribution in [3.05, 3.63) is 0 Å². The van der Waals surface area contributed by atoms with E-state index in [-0.39, 0.29) is 25.0 Å². The van der Waals surface area contributed by atoms with Crippen LogP contribution in [0, 0.1) is 5.41 Å². The molecule has 3 N–H and O–H groups in total. The van der Waals surface area contributed by atoms with Crippen LogP contribution in [0.25, 0.3) is 0 Å². The van der Waals surface area contributed by atoms with E-state index >= 15 is 0 Å². The lowest BCUT2D eigenvalue weighted by Gasteiger charge is -2.38. The number of nitrogens with zero attached hydrogens (tertiary/aromatic N) is 1. The van der Waals surface area contributed by atoms with Crippen LogP contribution in [-0.2, 0) is 14.3 Å². The number of hydrogen-bond acceptors (Lipinski definition) is 4. The van der Waals surface area contributed by atoms with Gasteiger partial charge in [0.25, 0.3) is 0 Å². The first-order valence-electron chi connectivity index (χ1n) is 5.74. The van der Waals surface area contributed by atoms with Crippen LogP contribution in [-0.4, -0.2) is 56.1 Å². The van der Waals surface area contributed by atoms with Crippen molar-refractivity contribution in [1.29, 1.82) is 0 Å². The summed E-state index contributed by atoms with van der Waals surface area (Å²) in [5.41, 5.74) is 4.94. The summed E-state index contributed by atoms with van der Waals surface area (Å²) in [6.45, 7) is 4.95. The van der Waals surface area contributed by atoms with Crippen LogP contribution in [0.3, 0.4) is 0 Å². The Hall–Kier alpha value is -1.14. The van der Waals surface area contributed by atoms with E-state index in [0.29, 0.717) is 13.2 Å². The lowest BCUT2D eigenvalue weighted by molar-refractivity contribution is -0.154. The highest BCUT2D eigenvalue weighted by molar-refractivity contribution is 5.90. The second kappa shape index (κ2) is 5.46. The Morgan fingerprint density at radius 3 is 2.71 bits per heavy atom. The summed E-state index contributed by atoms with van der Waals surface area (Å²) in [6.07, 6.45) is 0. The van der Waals surface area contributed by atoms with Crippen molar-refractivity contribution in [2.24, 2.45) is 11.1 Å². The highest BCUT2D eigenvalue weighted by Gasteiger charge is 2.38. The van der Waals surface area contributed by atoms with Crippen LogP contribution in [0.2, 0.25) is 0 Å². The van der Waals surface area contributed by atoms with Crippen molar-refractivity contribution in [1.82, 2.24) is 10.2 Å². The summed E-state index contributed by atoms with van der Waals surface area (Å²) in [5.74, 6) is -0.303. The van der Waals surface area contributed by atoms with E-state index in [1.165, 1.54) is 0 Å². The Balaban J connectivity index is 2.85. The average molecular weight is 243 g/mol. The van der Waals surface area contributed by atoms with Crippen molar-refractivity contribution in [3.63, 3.8) is 0 Å². The summed E-state index contributed by atoms with van der Waals surface area (Å²) in [5, 5.41) is 2.54. The zero-order valence-electron chi connectivity index (χ0n) is 10.7. The highest BCUT2D eigenvalue weighted by atomic mass is 16.5. The molecule has 1 fully saturated rings. The van der Waals surface area contributed by atoms with Gasteiger partial charge in [-0.3, -0.25) is 9.59 Å². The Morgan fingerprint density at radius 1 is 1.53 bits per heavy atom. The molecule has 1 heterocycles. The predicted molar refractivity (Wildman–Crippen MR) is 63.2 cm³/mol. The van der Waals surface area contributed by atoms with Crippen molar-refractivity contribution in [2.75, 3.05) is 33.4 Å². The molecule has 0 saturated carbocycles. The summed E-state index contributed by atoms with van der Waals surface area (Å²) in [6, 6.07) is -0.549. The number of nitrogens with two attached hydrogens (primary N) is 1. The van der Waals surface area contributed by atoms with E-state index < -0.39 is 11.5 Å². The summed E-state index contributed by atoms with van der Waals surface area (Å²) in [4.78, 5) is 25.5. The van der Waals surface area contributed by atoms with Crippen molar-refractivity contribution in [3.8, 4) is 0 Å². The number of ether oxygens (including phenoxy) is 1. The third-order valence-corrected chi connectivity index (χ3v) is 3.03. The standard InChI is InChI=1S/C11H21N3O3/c1-11(2,7-12)10(16)14-4-5-17-6-8(14)9(15)13-3/h8H,4-7,12H2,1-3H3,(H,13,15). The summed E-state index contributed by atoms with van der Waals surface area (Å²) in [7, 11) is 1.55. The number of likely N-dealkylation sites (N-methyl/N-ethyl adjacent to an activating group) is 1. The fourth-order valence-electron chi connectivity index (χ4n) is 1.71. The molecule has 6 nitrogen and oxygen atoms in total. The van der Waals surface area contributed by atoms with Gasteiger partial charge in [-0.2, -0.15) is 0 Å². The molecule has 1 aliphatic rings. The number of hydrogen-bond donors (Lipinski definition) is 2. The first kappa shape index (κ1) is 13.9. The molecule has 0 aromatic heterocycles. The van der Waals surface area contributed by atoms with Crippen molar-refractivity contribution in [2.45, 2.75) is 19.9 Å². The zero-order valence-corrected chi connectivity index (χ0v) is 10.7. The fourth-order valence-corrected chi connectivity index (χ4v) is 1.71. The lowest BCUT2D eigenvalue weighted by atomic mass is 9.91. The van der Waals surface area contributed by atoms with Gasteiger partial charge >= 0.3 is 0 Å². The second-order valence-corrected chi connectivity index (χ2v) is 4.79. The topological polar surface area (TPSA) is 84.7 Å². The molecule has 0 radical (unpaired) electrons. The molecule has 1 unspecified atom stereocenters. The van der Waals surface area contributed by atoms with Crippen molar-refractivity contribution < 1.29 is 14.3 Å². The van der Waals surface area contributed by atoms with Gasteiger partial charge < -0.3 is 20.7 Å². The molecule has 1 atom stereocenters. The monoisotopic (exact) mass is 243 g/mol. The predicted octanol–water partition coefficient (Wildman–Crippen LogP) is -1.06. The molecule has 1 rings (SSSR count). The fraction of sp³-hybridized carbons (Fsp3) is 0.818. The van der Waals surface area contributed by atoms with Gasteiger partial charge in [-0.05, 0) is 13.8 Å². The van der Waals surface area contributed by atoms with Gasteiger partial charge in [-0.15, -0.1) is 0 Å². The quantitative estimate of drug-likeness (QED) is 0.662. The normalized spacial score (nSPS) is 21.2. The number of amides is 2. The molecular weight excluding hydrogens is 222 g/mol. The minimum absolute atomic E-state index is 0.100. The molecule has 0 aromatic carbocycles. The first-order valence-corrected chi connectivity index (χ1v) is 5.74. The minimum Gasteiger partial charge on any atom is -0.377 e. The van der Waals surface area contributed by atoms with Crippen LogP contribution in [0.4, 0.5) is 0 Å². The maximum absolute atomic E-state index is 12.3.